The van der Waals surface area contributed by atoms with Gasteiger partial charge >= 0.3 is 5.97 Å². The summed E-state index contributed by atoms with van der Waals surface area (Å²) in [4.78, 5) is 11.5. The largest absolute Gasteiger partial charge is 0.477 e. The molecule has 100 valence electrons. The summed E-state index contributed by atoms with van der Waals surface area (Å²) in [6.07, 6.45) is 6.68. The van der Waals surface area contributed by atoms with Crippen molar-refractivity contribution in [2.24, 2.45) is 5.92 Å². The van der Waals surface area contributed by atoms with E-state index in [4.69, 9.17) is 5.11 Å². The number of carbonyl (C=O) groups is 1. The average Bonchev–Trinajstić information content (AvgIpc) is 2.85. The second-order valence-electron chi connectivity index (χ2n) is 5.15. The van der Waals surface area contributed by atoms with Crippen LogP contribution in [0.3, 0.4) is 0 Å². The molecule has 18 heavy (non-hydrogen) atoms. The highest BCUT2D eigenvalue weighted by Gasteiger charge is 2.20. The number of rotatable bonds is 5. The molecule has 0 saturated heterocycles. The summed E-state index contributed by atoms with van der Waals surface area (Å²) in [5, 5.41) is 14.4. The van der Waals surface area contributed by atoms with Crippen LogP contribution in [0.1, 0.15) is 54.3 Å². The van der Waals surface area contributed by atoms with Crippen LogP contribution in [0.25, 0.3) is 0 Å². The lowest BCUT2D eigenvalue weighted by atomic mass is 9.84. The second kappa shape index (κ2) is 6.34. The van der Waals surface area contributed by atoms with Gasteiger partial charge in [-0.25, -0.2) is 4.79 Å². The van der Waals surface area contributed by atoms with Crippen LogP contribution in [0.4, 0.5) is 0 Å². The van der Waals surface area contributed by atoms with Gasteiger partial charge in [-0.2, -0.15) is 0 Å². The quantitative estimate of drug-likeness (QED) is 0.858. The van der Waals surface area contributed by atoms with Crippen molar-refractivity contribution in [3.63, 3.8) is 0 Å². The summed E-state index contributed by atoms with van der Waals surface area (Å²) in [5.41, 5.74) is 0.912. The lowest BCUT2D eigenvalue weighted by molar-refractivity contribution is 0.0701. The zero-order chi connectivity index (χ0) is 13.0. The summed E-state index contributed by atoms with van der Waals surface area (Å²) in [7, 11) is 0. The Bertz CT molecular complexity index is 396. The smallest absolute Gasteiger partial charge is 0.346 e. The lowest BCUT2D eigenvalue weighted by Gasteiger charge is -2.28. The van der Waals surface area contributed by atoms with Gasteiger partial charge in [-0.05, 0) is 42.7 Å². The van der Waals surface area contributed by atoms with Gasteiger partial charge < -0.3 is 10.4 Å². The number of thiophene rings is 1. The molecular weight excluding hydrogens is 246 g/mol. The van der Waals surface area contributed by atoms with Gasteiger partial charge in [0.05, 0.1) is 0 Å². The molecule has 1 unspecified atom stereocenters. The number of nitrogens with one attached hydrogen (secondary N) is 1. The van der Waals surface area contributed by atoms with Crippen LogP contribution in [0.15, 0.2) is 11.4 Å². The van der Waals surface area contributed by atoms with Crippen molar-refractivity contribution < 1.29 is 9.90 Å². The van der Waals surface area contributed by atoms with Crippen molar-refractivity contribution in [3.05, 3.63) is 21.9 Å². The lowest BCUT2D eigenvalue weighted by Crippen LogP contribution is -2.34. The van der Waals surface area contributed by atoms with Crippen molar-refractivity contribution in [1.82, 2.24) is 5.32 Å². The molecule has 1 aliphatic carbocycles. The molecule has 2 rings (SSSR count). The van der Waals surface area contributed by atoms with E-state index >= 15 is 0 Å². The van der Waals surface area contributed by atoms with Crippen LogP contribution in [0, 0.1) is 5.92 Å². The molecule has 0 spiro atoms. The van der Waals surface area contributed by atoms with Gasteiger partial charge in [0, 0.05) is 12.6 Å². The molecule has 3 nitrogen and oxygen atoms in total. The Balaban J connectivity index is 1.86. The molecule has 2 N–H and O–H groups in total. The topological polar surface area (TPSA) is 49.3 Å². The molecule has 1 aromatic rings. The normalized spacial score (nSPS) is 18.7. The van der Waals surface area contributed by atoms with E-state index in [1.165, 1.54) is 43.4 Å². The Morgan fingerprint density at radius 3 is 2.89 bits per heavy atom. The predicted octanol–water partition coefficient (Wildman–Crippen LogP) is 3.50. The third-order valence-electron chi connectivity index (χ3n) is 3.91. The first kappa shape index (κ1) is 13.6. The van der Waals surface area contributed by atoms with E-state index in [2.05, 4.69) is 12.2 Å². The van der Waals surface area contributed by atoms with E-state index in [9.17, 15) is 4.79 Å². The van der Waals surface area contributed by atoms with Gasteiger partial charge in [0.1, 0.15) is 4.88 Å². The first-order chi connectivity index (χ1) is 8.68. The fourth-order valence-electron chi connectivity index (χ4n) is 2.73. The van der Waals surface area contributed by atoms with E-state index in [-0.39, 0.29) is 0 Å². The van der Waals surface area contributed by atoms with Gasteiger partial charge in [0.25, 0.3) is 0 Å². The van der Waals surface area contributed by atoms with E-state index in [0.717, 1.165) is 11.5 Å². The van der Waals surface area contributed by atoms with E-state index in [1.807, 2.05) is 11.4 Å². The molecule has 4 heteroatoms. The fourth-order valence-corrected chi connectivity index (χ4v) is 3.50. The van der Waals surface area contributed by atoms with Crippen molar-refractivity contribution in [1.29, 1.82) is 0 Å². The summed E-state index contributed by atoms with van der Waals surface area (Å²) >= 11 is 1.31. The molecule has 1 aliphatic rings. The van der Waals surface area contributed by atoms with Gasteiger partial charge in [-0.15, -0.1) is 11.3 Å². The Labute approximate surface area is 112 Å². The number of carboxylic acids is 1. The minimum Gasteiger partial charge on any atom is -0.477 e. The summed E-state index contributed by atoms with van der Waals surface area (Å²) in [5.74, 6) is -0.0576. The maximum absolute atomic E-state index is 11.0. The molecule has 1 fully saturated rings. The summed E-state index contributed by atoms with van der Waals surface area (Å²) in [6, 6.07) is 2.39. The Kier molecular flexibility index (Phi) is 4.78. The van der Waals surface area contributed by atoms with E-state index in [1.54, 1.807) is 0 Å². The van der Waals surface area contributed by atoms with Crippen LogP contribution >= 0.6 is 11.3 Å². The number of aromatic carboxylic acids is 1. The van der Waals surface area contributed by atoms with Crippen molar-refractivity contribution in [2.45, 2.75) is 51.6 Å². The molecule has 1 heterocycles. The first-order valence-electron chi connectivity index (χ1n) is 6.71. The Morgan fingerprint density at radius 1 is 1.50 bits per heavy atom. The van der Waals surface area contributed by atoms with Crippen molar-refractivity contribution in [3.8, 4) is 0 Å². The minimum absolute atomic E-state index is 0.471. The predicted molar refractivity (Wildman–Crippen MR) is 74.2 cm³/mol. The van der Waals surface area contributed by atoms with Crippen LogP contribution < -0.4 is 5.32 Å². The molecule has 0 aliphatic heterocycles. The highest BCUT2D eigenvalue weighted by Crippen LogP contribution is 2.26. The second-order valence-corrected chi connectivity index (χ2v) is 6.06. The van der Waals surface area contributed by atoms with E-state index < -0.39 is 5.97 Å². The van der Waals surface area contributed by atoms with Gasteiger partial charge in [0.15, 0.2) is 0 Å². The monoisotopic (exact) mass is 267 g/mol. The third-order valence-corrected chi connectivity index (χ3v) is 4.86. The SMILES string of the molecule is CC(NCc1ccsc1C(=O)O)C1CCCCC1. The number of carboxylic acid groups (broad SMARTS) is 1. The molecule has 0 radical (unpaired) electrons. The maximum Gasteiger partial charge on any atom is 0.346 e. The van der Waals surface area contributed by atoms with Crippen LogP contribution in [-0.4, -0.2) is 17.1 Å². The zero-order valence-electron chi connectivity index (χ0n) is 10.8. The molecule has 0 aromatic carbocycles. The van der Waals surface area contributed by atoms with Gasteiger partial charge in [0.2, 0.25) is 0 Å². The molecule has 1 saturated carbocycles. The average molecular weight is 267 g/mol. The maximum atomic E-state index is 11.0. The molecular formula is C14H21NO2S. The van der Waals surface area contributed by atoms with Crippen molar-refractivity contribution in [2.75, 3.05) is 0 Å². The fraction of sp³-hybridized carbons (Fsp3) is 0.643. The minimum atomic E-state index is -0.813. The Morgan fingerprint density at radius 2 is 2.22 bits per heavy atom. The zero-order valence-corrected chi connectivity index (χ0v) is 11.6. The van der Waals surface area contributed by atoms with Gasteiger partial charge in [-0.3, -0.25) is 0 Å². The molecule has 0 bridgehead atoms. The van der Waals surface area contributed by atoms with Crippen LogP contribution in [0.2, 0.25) is 0 Å². The third kappa shape index (κ3) is 3.33. The summed E-state index contributed by atoms with van der Waals surface area (Å²) in [6.45, 7) is 2.89. The first-order valence-corrected chi connectivity index (χ1v) is 7.59. The molecule has 0 amide bonds. The van der Waals surface area contributed by atoms with E-state index in [0.29, 0.717) is 17.5 Å². The molecule has 1 aromatic heterocycles. The number of hydrogen-bond donors (Lipinski definition) is 2. The number of hydrogen-bond acceptors (Lipinski definition) is 3. The Hall–Kier alpha value is -0.870. The van der Waals surface area contributed by atoms with Crippen molar-refractivity contribution >= 4 is 17.3 Å². The highest BCUT2D eigenvalue weighted by molar-refractivity contribution is 7.12. The van der Waals surface area contributed by atoms with Crippen LogP contribution in [-0.2, 0) is 6.54 Å². The van der Waals surface area contributed by atoms with Crippen LogP contribution in [0.5, 0.6) is 0 Å². The summed E-state index contributed by atoms with van der Waals surface area (Å²) < 4.78 is 0. The van der Waals surface area contributed by atoms with Gasteiger partial charge in [-0.1, -0.05) is 19.3 Å². The standard InChI is InChI=1S/C14H21NO2S/c1-10(11-5-3-2-4-6-11)15-9-12-7-8-18-13(12)14(16)17/h7-8,10-11,15H,2-6,9H2,1H3,(H,16,17). The molecule has 1 atom stereocenters. The highest BCUT2D eigenvalue weighted by atomic mass is 32.1.